The van der Waals surface area contributed by atoms with Gasteiger partial charge in [0.1, 0.15) is 0 Å². The minimum absolute atomic E-state index is 0.469. The molecule has 0 aliphatic heterocycles. The topological polar surface area (TPSA) is 103 Å². The summed E-state index contributed by atoms with van der Waals surface area (Å²) in [5, 5.41) is 6.31. The van der Waals surface area contributed by atoms with E-state index in [1.807, 2.05) is 0 Å². The molecule has 1 atom stereocenters. The van der Waals surface area contributed by atoms with Crippen LogP contribution in [-0.2, 0) is 9.63 Å². The summed E-state index contributed by atoms with van der Waals surface area (Å²) in [5.74, 6) is 8.67. The van der Waals surface area contributed by atoms with E-state index >= 15 is 0 Å². The lowest BCUT2D eigenvalue weighted by molar-refractivity contribution is -0.145. The van der Waals surface area contributed by atoms with Gasteiger partial charge in [0, 0.05) is 0 Å². The van der Waals surface area contributed by atoms with Gasteiger partial charge in [-0.05, 0) is 6.42 Å². The first kappa shape index (κ1) is 8.83. The number of rotatable bonds is 3. The van der Waals surface area contributed by atoms with E-state index in [4.69, 9.17) is 5.84 Å². The SMILES string of the molecule is CC[C@H](N=NN)C(=O)ON. The molecule has 0 aliphatic rings. The van der Waals surface area contributed by atoms with Crippen molar-refractivity contribution in [1.82, 2.24) is 0 Å². The molecule has 0 unspecified atom stereocenters. The number of carbonyl (C=O) groups excluding carboxylic acids is 1. The molecule has 0 saturated heterocycles. The molecule has 10 heavy (non-hydrogen) atoms. The predicted octanol–water partition coefficient (Wildman–Crippen LogP) is -0.492. The summed E-state index contributed by atoms with van der Waals surface area (Å²) in [6.45, 7) is 1.75. The summed E-state index contributed by atoms with van der Waals surface area (Å²) in [7, 11) is 0. The summed E-state index contributed by atoms with van der Waals surface area (Å²) < 4.78 is 0. The Labute approximate surface area is 58.2 Å². The fourth-order valence-corrected chi connectivity index (χ4v) is 0.454. The second-order valence-corrected chi connectivity index (χ2v) is 1.59. The first-order chi connectivity index (χ1) is 4.76. The van der Waals surface area contributed by atoms with Crippen molar-refractivity contribution in [1.29, 1.82) is 0 Å². The molecule has 0 aromatic carbocycles. The van der Waals surface area contributed by atoms with Crippen molar-refractivity contribution in [3.05, 3.63) is 0 Å². The number of carbonyl (C=O) groups is 1. The molecular weight excluding hydrogens is 136 g/mol. The first-order valence-electron chi connectivity index (χ1n) is 2.76. The Morgan fingerprint density at radius 2 is 2.40 bits per heavy atom. The number of nitrogens with two attached hydrogens (primary N) is 2. The molecule has 6 nitrogen and oxygen atoms in total. The van der Waals surface area contributed by atoms with Gasteiger partial charge in [0.15, 0.2) is 6.04 Å². The maximum absolute atomic E-state index is 10.6. The first-order valence-corrected chi connectivity index (χ1v) is 2.76. The van der Waals surface area contributed by atoms with Crippen LogP contribution in [-0.4, -0.2) is 12.0 Å². The third-order valence-corrected chi connectivity index (χ3v) is 0.981. The Morgan fingerprint density at radius 3 is 2.70 bits per heavy atom. The van der Waals surface area contributed by atoms with E-state index in [0.717, 1.165) is 0 Å². The van der Waals surface area contributed by atoms with Crippen molar-refractivity contribution in [2.45, 2.75) is 19.4 Å². The molecule has 0 spiro atoms. The standard InChI is InChI=1S/C4H10N4O2/c1-2-3(7-8-5)4(9)10-6/h3H,2,6H2,1H3,(H2,5,7)/t3-/m0/s1. The molecule has 58 valence electrons. The quantitative estimate of drug-likeness (QED) is 0.318. The van der Waals surface area contributed by atoms with Gasteiger partial charge in [0.05, 0.1) is 0 Å². The van der Waals surface area contributed by atoms with Crippen molar-refractivity contribution >= 4 is 5.97 Å². The minimum Gasteiger partial charge on any atom is -0.372 e. The fraction of sp³-hybridized carbons (Fsp3) is 0.750. The van der Waals surface area contributed by atoms with Gasteiger partial charge < -0.3 is 10.7 Å². The van der Waals surface area contributed by atoms with Crippen LogP contribution in [0.4, 0.5) is 0 Å². The van der Waals surface area contributed by atoms with Crippen LogP contribution in [0.25, 0.3) is 0 Å². The van der Waals surface area contributed by atoms with E-state index in [1.54, 1.807) is 6.92 Å². The normalized spacial score (nSPS) is 13.4. The van der Waals surface area contributed by atoms with Crippen LogP contribution in [0.5, 0.6) is 0 Å². The highest BCUT2D eigenvalue weighted by Crippen LogP contribution is 1.98. The molecule has 0 saturated carbocycles. The molecule has 4 N–H and O–H groups in total. The molecule has 0 heterocycles. The molecule has 0 aliphatic carbocycles. The van der Waals surface area contributed by atoms with Crippen LogP contribution < -0.4 is 11.7 Å². The summed E-state index contributed by atoms with van der Waals surface area (Å²) in [6.07, 6.45) is 0.469. The third-order valence-electron chi connectivity index (χ3n) is 0.981. The van der Waals surface area contributed by atoms with Gasteiger partial charge in [0.25, 0.3) is 0 Å². The van der Waals surface area contributed by atoms with E-state index in [9.17, 15) is 4.79 Å². The highest BCUT2D eigenvalue weighted by Gasteiger charge is 2.15. The molecule has 0 aromatic heterocycles. The zero-order valence-electron chi connectivity index (χ0n) is 5.65. The van der Waals surface area contributed by atoms with Crippen molar-refractivity contribution in [3.63, 3.8) is 0 Å². The molecule has 0 aromatic rings. The lowest BCUT2D eigenvalue weighted by Crippen LogP contribution is -2.23. The van der Waals surface area contributed by atoms with Gasteiger partial charge in [-0.2, -0.15) is 11.0 Å². The van der Waals surface area contributed by atoms with Gasteiger partial charge in [-0.15, -0.1) is 0 Å². The van der Waals surface area contributed by atoms with Crippen LogP contribution in [0.1, 0.15) is 13.3 Å². The number of hydrogen-bond donors (Lipinski definition) is 2. The number of nitrogens with zero attached hydrogens (tertiary/aromatic N) is 2. The average molecular weight is 146 g/mol. The van der Waals surface area contributed by atoms with Crippen molar-refractivity contribution in [2.75, 3.05) is 0 Å². The molecule has 0 radical (unpaired) electrons. The van der Waals surface area contributed by atoms with Crippen LogP contribution >= 0.6 is 0 Å². The lowest BCUT2D eigenvalue weighted by Gasteiger charge is -2.02. The van der Waals surface area contributed by atoms with E-state index in [-0.39, 0.29) is 0 Å². The maximum atomic E-state index is 10.6. The van der Waals surface area contributed by atoms with Crippen LogP contribution in [0.15, 0.2) is 10.3 Å². The summed E-state index contributed by atoms with van der Waals surface area (Å²) in [5.41, 5.74) is 0. The Balaban J connectivity index is 3.93. The highest BCUT2D eigenvalue weighted by molar-refractivity contribution is 5.75. The van der Waals surface area contributed by atoms with E-state index in [0.29, 0.717) is 6.42 Å². The summed E-state index contributed by atoms with van der Waals surface area (Å²) in [4.78, 5) is 14.5. The van der Waals surface area contributed by atoms with Gasteiger partial charge in [0.2, 0.25) is 0 Å². The van der Waals surface area contributed by atoms with Crippen LogP contribution in [0.2, 0.25) is 0 Å². The lowest BCUT2D eigenvalue weighted by atomic mass is 10.2. The second kappa shape index (κ2) is 4.68. The Morgan fingerprint density at radius 1 is 1.80 bits per heavy atom. The molecule has 6 heteroatoms. The Bertz CT molecular complexity index is 135. The zero-order valence-corrected chi connectivity index (χ0v) is 5.65. The van der Waals surface area contributed by atoms with Crippen molar-refractivity contribution in [3.8, 4) is 0 Å². The fourth-order valence-electron chi connectivity index (χ4n) is 0.454. The minimum atomic E-state index is -0.671. The molecule has 0 amide bonds. The maximum Gasteiger partial charge on any atom is 0.351 e. The molecule has 0 fully saturated rings. The van der Waals surface area contributed by atoms with E-state index in [2.05, 4.69) is 21.1 Å². The van der Waals surface area contributed by atoms with Crippen LogP contribution in [0, 0.1) is 0 Å². The molecule has 0 rings (SSSR count). The summed E-state index contributed by atoms with van der Waals surface area (Å²) in [6, 6.07) is -0.671. The third kappa shape index (κ3) is 2.40. The zero-order chi connectivity index (χ0) is 7.98. The van der Waals surface area contributed by atoms with E-state index < -0.39 is 12.0 Å². The van der Waals surface area contributed by atoms with Crippen LogP contribution in [0.3, 0.4) is 0 Å². The number of hydrogen-bond acceptors (Lipinski definition) is 5. The predicted molar refractivity (Wildman–Crippen MR) is 33.4 cm³/mol. The van der Waals surface area contributed by atoms with Gasteiger partial charge in [-0.1, -0.05) is 12.1 Å². The molecular formula is C4H10N4O2. The smallest absolute Gasteiger partial charge is 0.351 e. The van der Waals surface area contributed by atoms with Crippen molar-refractivity contribution < 1.29 is 9.63 Å². The van der Waals surface area contributed by atoms with Gasteiger partial charge in [-0.25, -0.2) is 4.79 Å². The van der Waals surface area contributed by atoms with Crippen molar-refractivity contribution in [2.24, 2.45) is 22.1 Å². The van der Waals surface area contributed by atoms with Gasteiger partial charge >= 0.3 is 5.97 Å². The largest absolute Gasteiger partial charge is 0.372 e. The monoisotopic (exact) mass is 146 g/mol. The second-order valence-electron chi connectivity index (χ2n) is 1.59. The van der Waals surface area contributed by atoms with E-state index in [1.165, 1.54) is 0 Å². The summed E-state index contributed by atoms with van der Waals surface area (Å²) >= 11 is 0. The average Bonchev–Trinajstić information content (AvgIpc) is 1.99. The highest BCUT2D eigenvalue weighted by atomic mass is 16.7. The van der Waals surface area contributed by atoms with Gasteiger partial charge in [-0.3, -0.25) is 0 Å². The Hall–Kier alpha value is -1.17. The molecule has 0 bridgehead atoms. The Kier molecular flexibility index (Phi) is 4.14.